The van der Waals surface area contributed by atoms with Crippen LogP contribution in [0.5, 0.6) is 11.5 Å². The van der Waals surface area contributed by atoms with Crippen molar-refractivity contribution in [3.63, 3.8) is 0 Å². The first-order valence-corrected chi connectivity index (χ1v) is 6.78. The smallest absolute Gasteiger partial charge is 0.119 e. The third kappa shape index (κ3) is 5.28. The summed E-state index contributed by atoms with van der Waals surface area (Å²) < 4.78 is 10.5. The zero-order chi connectivity index (χ0) is 14.9. The molecule has 2 aromatic rings. The van der Waals surface area contributed by atoms with E-state index >= 15 is 0 Å². The number of hydrogen-bond acceptors (Lipinski definition) is 4. The number of methoxy groups -OCH3 is 1. The van der Waals surface area contributed by atoms with E-state index in [1.165, 1.54) is 0 Å². The molecule has 0 heterocycles. The number of benzene rings is 2. The van der Waals surface area contributed by atoms with Gasteiger partial charge in [0.1, 0.15) is 24.2 Å². The molecule has 1 atom stereocenters. The Bertz CT molecular complexity index is 552. The van der Waals surface area contributed by atoms with Gasteiger partial charge in [-0.1, -0.05) is 18.2 Å². The van der Waals surface area contributed by atoms with E-state index in [2.05, 4.69) is 4.99 Å². The SMILES string of the molecule is COc1ccc(C=NCC(O)COc2ccccc2)cc1. The van der Waals surface area contributed by atoms with Gasteiger partial charge in [0.25, 0.3) is 0 Å². The van der Waals surface area contributed by atoms with Crippen LogP contribution in [-0.4, -0.2) is 37.7 Å². The number of ether oxygens (including phenoxy) is 2. The lowest BCUT2D eigenvalue weighted by Crippen LogP contribution is -2.20. The number of para-hydroxylation sites is 1. The fourth-order valence-corrected chi connectivity index (χ4v) is 1.73. The molecule has 0 spiro atoms. The Balaban J connectivity index is 1.75. The summed E-state index contributed by atoms with van der Waals surface area (Å²) in [5.74, 6) is 1.55. The highest BCUT2D eigenvalue weighted by Crippen LogP contribution is 2.10. The second-order valence-corrected chi connectivity index (χ2v) is 4.55. The van der Waals surface area contributed by atoms with Crippen LogP contribution in [-0.2, 0) is 0 Å². The highest BCUT2D eigenvalue weighted by atomic mass is 16.5. The van der Waals surface area contributed by atoms with Crippen molar-refractivity contribution >= 4 is 6.21 Å². The van der Waals surface area contributed by atoms with Crippen LogP contribution in [0.3, 0.4) is 0 Å². The molecule has 0 amide bonds. The number of aliphatic hydroxyl groups excluding tert-OH is 1. The van der Waals surface area contributed by atoms with Gasteiger partial charge >= 0.3 is 0 Å². The van der Waals surface area contributed by atoms with E-state index in [0.717, 1.165) is 17.1 Å². The van der Waals surface area contributed by atoms with E-state index in [-0.39, 0.29) is 6.61 Å². The van der Waals surface area contributed by atoms with Crippen LogP contribution in [0.25, 0.3) is 0 Å². The first-order chi connectivity index (χ1) is 10.3. The Labute approximate surface area is 124 Å². The van der Waals surface area contributed by atoms with E-state index < -0.39 is 6.10 Å². The zero-order valence-electron chi connectivity index (χ0n) is 12.0. The molecule has 2 aromatic carbocycles. The molecule has 4 heteroatoms. The van der Waals surface area contributed by atoms with Crippen LogP contribution in [0.4, 0.5) is 0 Å². The highest BCUT2D eigenvalue weighted by molar-refractivity contribution is 5.79. The largest absolute Gasteiger partial charge is 0.497 e. The molecule has 0 aliphatic rings. The molecule has 1 N–H and O–H groups in total. The quantitative estimate of drug-likeness (QED) is 0.795. The summed E-state index contributed by atoms with van der Waals surface area (Å²) >= 11 is 0. The van der Waals surface area contributed by atoms with Crippen molar-refractivity contribution in [3.05, 3.63) is 60.2 Å². The number of aliphatic imine (C=N–C) groups is 1. The Morgan fingerprint density at radius 1 is 1.05 bits per heavy atom. The lowest BCUT2D eigenvalue weighted by Gasteiger charge is -2.09. The van der Waals surface area contributed by atoms with Crippen LogP contribution in [0.1, 0.15) is 5.56 Å². The van der Waals surface area contributed by atoms with Crippen molar-refractivity contribution in [2.24, 2.45) is 4.99 Å². The number of nitrogens with zero attached hydrogens (tertiary/aromatic N) is 1. The predicted molar refractivity (Wildman–Crippen MR) is 83.4 cm³/mol. The fourth-order valence-electron chi connectivity index (χ4n) is 1.73. The summed E-state index contributed by atoms with van der Waals surface area (Å²) in [4.78, 5) is 4.21. The van der Waals surface area contributed by atoms with E-state index in [9.17, 15) is 5.11 Å². The monoisotopic (exact) mass is 285 g/mol. The Morgan fingerprint density at radius 3 is 2.43 bits per heavy atom. The van der Waals surface area contributed by atoms with E-state index in [0.29, 0.717) is 6.54 Å². The molecule has 0 aromatic heterocycles. The van der Waals surface area contributed by atoms with Crippen LogP contribution >= 0.6 is 0 Å². The molecule has 0 fully saturated rings. The Morgan fingerprint density at radius 2 is 1.76 bits per heavy atom. The van der Waals surface area contributed by atoms with Crippen molar-refractivity contribution in [2.75, 3.05) is 20.3 Å². The third-order valence-corrected chi connectivity index (χ3v) is 2.86. The minimum atomic E-state index is -0.625. The summed E-state index contributed by atoms with van der Waals surface area (Å²) in [6.07, 6.45) is 1.10. The highest BCUT2D eigenvalue weighted by Gasteiger charge is 2.03. The molecule has 0 saturated heterocycles. The third-order valence-electron chi connectivity index (χ3n) is 2.86. The Hall–Kier alpha value is -2.33. The molecule has 0 radical (unpaired) electrons. The van der Waals surface area contributed by atoms with Gasteiger partial charge in [0, 0.05) is 6.21 Å². The first kappa shape index (κ1) is 15.1. The fraction of sp³-hybridized carbons (Fsp3) is 0.235. The van der Waals surface area contributed by atoms with E-state index in [1.807, 2.05) is 54.6 Å². The van der Waals surface area contributed by atoms with Gasteiger partial charge in [-0.3, -0.25) is 4.99 Å². The van der Waals surface area contributed by atoms with Crippen molar-refractivity contribution in [1.29, 1.82) is 0 Å². The van der Waals surface area contributed by atoms with Crippen molar-refractivity contribution in [2.45, 2.75) is 6.10 Å². The van der Waals surface area contributed by atoms with Crippen molar-refractivity contribution in [3.8, 4) is 11.5 Å². The lowest BCUT2D eigenvalue weighted by atomic mass is 10.2. The number of rotatable bonds is 7. The average molecular weight is 285 g/mol. The van der Waals surface area contributed by atoms with Crippen molar-refractivity contribution < 1.29 is 14.6 Å². The normalized spacial score (nSPS) is 12.3. The summed E-state index contributed by atoms with van der Waals surface area (Å²) in [6, 6.07) is 17.0. The number of hydrogen-bond donors (Lipinski definition) is 1. The maximum absolute atomic E-state index is 9.81. The van der Waals surface area contributed by atoms with Gasteiger partial charge in [-0.25, -0.2) is 0 Å². The minimum Gasteiger partial charge on any atom is -0.497 e. The van der Waals surface area contributed by atoms with Gasteiger partial charge in [-0.2, -0.15) is 0 Å². The van der Waals surface area contributed by atoms with Crippen molar-refractivity contribution in [1.82, 2.24) is 0 Å². The van der Waals surface area contributed by atoms with Gasteiger partial charge in [0.2, 0.25) is 0 Å². The molecular weight excluding hydrogens is 266 g/mol. The summed E-state index contributed by atoms with van der Waals surface area (Å²) in [5, 5.41) is 9.81. The van der Waals surface area contributed by atoms with Crippen LogP contribution in [0, 0.1) is 0 Å². The molecule has 0 saturated carbocycles. The molecule has 0 bridgehead atoms. The summed E-state index contributed by atoms with van der Waals surface area (Å²) in [6.45, 7) is 0.531. The maximum Gasteiger partial charge on any atom is 0.119 e. The van der Waals surface area contributed by atoms with E-state index in [1.54, 1.807) is 13.3 Å². The van der Waals surface area contributed by atoms with E-state index in [4.69, 9.17) is 9.47 Å². The Kier molecular flexibility index (Phi) is 5.79. The second-order valence-electron chi connectivity index (χ2n) is 4.55. The summed E-state index contributed by atoms with van der Waals surface area (Å²) in [5.41, 5.74) is 0.965. The van der Waals surface area contributed by atoms with Gasteiger partial charge < -0.3 is 14.6 Å². The average Bonchev–Trinajstić information content (AvgIpc) is 2.54. The first-order valence-electron chi connectivity index (χ1n) is 6.78. The zero-order valence-corrected chi connectivity index (χ0v) is 12.0. The summed E-state index contributed by atoms with van der Waals surface area (Å²) in [7, 11) is 1.63. The molecule has 1 unspecified atom stereocenters. The second kappa shape index (κ2) is 8.07. The predicted octanol–water partition coefficient (Wildman–Crippen LogP) is 2.55. The van der Waals surface area contributed by atoms with Gasteiger partial charge in [-0.05, 0) is 42.0 Å². The molecule has 110 valence electrons. The minimum absolute atomic E-state index is 0.226. The molecular formula is C17H19NO3. The van der Waals surface area contributed by atoms with Crippen LogP contribution < -0.4 is 9.47 Å². The topological polar surface area (TPSA) is 51.0 Å². The van der Waals surface area contributed by atoms with Gasteiger partial charge in [0.05, 0.1) is 13.7 Å². The maximum atomic E-state index is 9.81. The molecule has 4 nitrogen and oxygen atoms in total. The van der Waals surface area contributed by atoms with Crippen LogP contribution in [0.2, 0.25) is 0 Å². The molecule has 21 heavy (non-hydrogen) atoms. The molecule has 0 aliphatic carbocycles. The lowest BCUT2D eigenvalue weighted by molar-refractivity contribution is 0.114. The van der Waals surface area contributed by atoms with Gasteiger partial charge in [-0.15, -0.1) is 0 Å². The van der Waals surface area contributed by atoms with Crippen LogP contribution in [0.15, 0.2) is 59.6 Å². The van der Waals surface area contributed by atoms with Gasteiger partial charge in [0.15, 0.2) is 0 Å². The molecule has 0 aliphatic heterocycles. The molecule has 2 rings (SSSR count). The number of aliphatic hydroxyl groups is 1. The standard InChI is InChI=1S/C17H19NO3/c1-20-16-9-7-14(8-10-16)11-18-12-15(19)13-21-17-5-3-2-4-6-17/h2-11,15,19H,12-13H2,1H3.